The molecule has 0 aromatic rings. The lowest BCUT2D eigenvalue weighted by Crippen LogP contribution is -2.46. The first kappa shape index (κ1) is 15.9. The van der Waals surface area contributed by atoms with Gasteiger partial charge in [-0.25, -0.2) is 0 Å². The van der Waals surface area contributed by atoms with Gasteiger partial charge in [0.2, 0.25) is 0 Å². The highest BCUT2D eigenvalue weighted by molar-refractivity contribution is 4.79. The molecule has 0 saturated carbocycles. The summed E-state index contributed by atoms with van der Waals surface area (Å²) in [7, 11) is 0. The van der Waals surface area contributed by atoms with Gasteiger partial charge < -0.3 is 9.84 Å². The summed E-state index contributed by atoms with van der Waals surface area (Å²) in [5.74, 6) is 0.963. The number of hydrogen-bond donors (Lipinski definition) is 1. The first-order valence-corrected chi connectivity index (χ1v) is 7.58. The quantitative estimate of drug-likeness (QED) is 0.761. The van der Waals surface area contributed by atoms with Crippen molar-refractivity contribution < 1.29 is 9.84 Å². The van der Waals surface area contributed by atoms with Crippen LogP contribution < -0.4 is 0 Å². The molecule has 2 unspecified atom stereocenters. The predicted octanol–water partition coefficient (Wildman–Crippen LogP) is 2.53. The van der Waals surface area contributed by atoms with E-state index >= 15 is 0 Å². The zero-order valence-electron chi connectivity index (χ0n) is 12.6. The first-order valence-electron chi connectivity index (χ1n) is 7.58. The molecule has 0 amide bonds. The Morgan fingerprint density at radius 1 is 1.28 bits per heavy atom. The molecule has 1 fully saturated rings. The Morgan fingerprint density at radius 2 is 1.94 bits per heavy atom. The second kappa shape index (κ2) is 8.13. The van der Waals surface area contributed by atoms with Gasteiger partial charge in [-0.15, -0.1) is 0 Å². The van der Waals surface area contributed by atoms with Crippen molar-refractivity contribution in [3.63, 3.8) is 0 Å². The second-order valence-corrected chi connectivity index (χ2v) is 6.01. The van der Waals surface area contributed by atoms with E-state index in [-0.39, 0.29) is 12.0 Å². The van der Waals surface area contributed by atoms with E-state index in [1.54, 1.807) is 0 Å². The first-order chi connectivity index (χ1) is 8.58. The van der Waals surface area contributed by atoms with E-state index < -0.39 is 0 Å². The third-order valence-corrected chi connectivity index (χ3v) is 3.96. The average Bonchev–Trinajstić information content (AvgIpc) is 2.32. The van der Waals surface area contributed by atoms with Gasteiger partial charge in [0.25, 0.3) is 0 Å². The lowest BCUT2D eigenvalue weighted by molar-refractivity contribution is -0.0521. The van der Waals surface area contributed by atoms with Gasteiger partial charge in [0.1, 0.15) is 0 Å². The lowest BCUT2D eigenvalue weighted by atomic mass is 9.96. The largest absolute Gasteiger partial charge is 0.393 e. The molecule has 0 aromatic carbocycles. The van der Waals surface area contributed by atoms with E-state index in [1.807, 2.05) is 0 Å². The van der Waals surface area contributed by atoms with Gasteiger partial charge in [0.05, 0.1) is 12.7 Å². The predicted molar refractivity (Wildman–Crippen MR) is 75.7 cm³/mol. The van der Waals surface area contributed by atoms with Gasteiger partial charge in [-0.2, -0.15) is 0 Å². The highest BCUT2D eigenvalue weighted by Gasteiger charge is 2.28. The molecule has 3 heteroatoms. The summed E-state index contributed by atoms with van der Waals surface area (Å²) >= 11 is 0. The minimum Gasteiger partial charge on any atom is -0.393 e. The molecular formula is C15H31NO2. The summed E-state index contributed by atoms with van der Waals surface area (Å²) in [6.07, 6.45) is 2.99. The van der Waals surface area contributed by atoms with E-state index in [4.69, 9.17) is 4.74 Å². The molecule has 1 heterocycles. The van der Waals surface area contributed by atoms with Gasteiger partial charge in [-0.1, -0.05) is 27.7 Å². The molecule has 0 radical (unpaired) electrons. The molecular weight excluding hydrogens is 226 g/mol. The molecule has 2 atom stereocenters. The topological polar surface area (TPSA) is 32.7 Å². The second-order valence-electron chi connectivity index (χ2n) is 6.01. The lowest BCUT2D eigenvalue weighted by Gasteiger charge is -2.37. The maximum Gasteiger partial charge on any atom is 0.0624 e. The number of ether oxygens (including phenoxy) is 1. The minimum absolute atomic E-state index is 0.178. The van der Waals surface area contributed by atoms with Crippen LogP contribution in [0.5, 0.6) is 0 Å². The van der Waals surface area contributed by atoms with Gasteiger partial charge in [0.15, 0.2) is 0 Å². The SMILES string of the molecule is CCC(CC)N(CC(C)C)CC1COCCC1O. The number of nitrogens with zero attached hydrogens (tertiary/aromatic N) is 1. The van der Waals surface area contributed by atoms with Crippen LogP contribution in [0.25, 0.3) is 0 Å². The summed E-state index contributed by atoms with van der Waals surface area (Å²) in [6, 6.07) is 0.640. The molecule has 0 aliphatic carbocycles. The monoisotopic (exact) mass is 257 g/mol. The van der Waals surface area contributed by atoms with Crippen molar-refractivity contribution in [2.24, 2.45) is 11.8 Å². The number of hydrogen-bond acceptors (Lipinski definition) is 3. The Labute approximate surface area is 113 Å². The Balaban J connectivity index is 2.58. The third kappa shape index (κ3) is 4.87. The zero-order valence-corrected chi connectivity index (χ0v) is 12.6. The Kier molecular flexibility index (Phi) is 7.20. The van der Waals surface area contributed by atoms with Gasteiger partial charge in [-0.3, -0.25) is 4.90 Å². The zero-order chi connectivity index (χ0) is 13.5. The van der Waals surface area contributed by atoms with Crippen LogP contribution in [-0.4, -0.2) is 48.5 Å². The van der Waals surface area contributed by atoms with Crippen LogP contribution in [0.2, 0.25) is 0 Å². The van der Waals surface area contributed by atoms with Crippen molar-refractivity contribution in [3.8, 4) is 0 Å². The van der Waals surface area contributed by atoms with Crippen molar-refractivity contribution in [2.75, 3.05) is 26.3 Å². The molecule has 1 aliphatic heterocycles. The Morgan fingerprint density at radius 3 is 2.44 bits per heavy atom. The van der Waals surface area contributed by atoms with Crippen molar-refractivity contribution in [3.05, 3.63) is 0 Å². The maximum absolute atomic E-state index is 10.1. The average molecular weight is 257 g/mol. The van der Waals surface area contributed by atoms with Crippen molar-refractivity contribution >= 4 is 0 Å². The molecule has 1 saturated heterocycles. The summed E-state index contributed by atoms with van der Waals surface area (Å²) < 4.78 is 5.52. The Hall–Kier alpha value is -0.120. The van der Waals surface area contributed by atoms with Crippen LogP contribution >= 0.6 is 0 Å². The smallest absolute Gasteiger partial charge is 0.0624 e. The van der Waals surface area contributed by atoms with Gasteiger partial charge >= 0.3 is 0 Å². The van der Waals surface area contributed by atoms with Crippen LogP contribution in [-0.2, 0) is 4.74 Å². The van der Waals surface area contributed by atoms with Gasteiger partial charge in [-0.05, 0) is 25.2 Å². The molecule has 1 aliphatic rings. The number of rotatable bonds is 7. The van der Waals surface area contributed by atoms with Crippen molar-refractivity contribution in [1.82, 2.24) is 4.90 Å². The van der Waals surface area contributed by atoms with Crippen LogP contribution in [0.1, 0.15) is 47.0 Å². The molecule has 3 nitrogen and oxygen atoms in total. The summed E-state index contributed by atoms with van der Waals surface area (Å²) in [5, 5.41) is 10.1. The van der Waals surface area contributed by atoms with Crippen molar-refractivity contribution in [2.45, 2.75) is 59.1 Å². The van der Waals surface area contributed by atoms with E-state index in [0.29, 0.717) is 18.6 Å². The number of aliphatic hydroxyl groups excluding tert-OH is 1. The molecule has 0 spiro atoms. The standard InChI is InChI=1S/C15H31NO2/c1-5-14(6-2)16(9-12(3)4)10-13-11-18-8-7-15(13)17/h12-15,17H,5-11H2,1-4H3. The molecule has 1 rings (SSSR count). The third-order valence-electron chi connectivity index (χ3n) is 3.96. The fourth-order valence-electron chi connectivity index (χ4n) is 2.91. The van der Waals surface area contributed by atoms with E-state index in [0.717, 1.165) is 26.1 Å². The molecule has 18 heavy (non-hydrogen) atoms. The van der Waals surface area contributed by atoms with Gasteiger partial charge in [0, 0.05) is 31.7 Å². The number of aliphatic hydroxyl groups is 1. The fraction of sp³-hybridized carbons (Fsp3) is 1.00. The summed E-state index contributed by atoms with van der Waals surface area (Å²) in [4.78, 5) is 2.56. The summed E-state index contributed by atoms with van der Waals surface area (Å²) in [5.41, 5.74) is 0. The van der Waals surface area contributed by atoms with E-state index in [2.05, 4.69) is 32.6 Å². The molecule has 0 bridgehead atoms. The van der Waals surface area contributed by atoms with E-state index in [9.17, 15) is 5.11 Å². The Bertz CT molecular complexity index is 217. The van der Waals surface area contributed by atoms with Crippen LogP contribution in [0.3, 0.4) is 0 Å². The van der Waals surface area contributed by atoms with E-state index in [1.165, 1.54) is 12.8 Å². The van der Waals surface area contributed by atoms with Crippen LogP contribution in [0.4, 0.5) is 0 Å². The van der Waals surface area contributed by atoms with Crippen molar-refractivity contribution in [1.29, 1.82) is 0 Å². The molecule has 1 N–H and O–H groups in total. The fourth-order valence-corrected chi connectivity index (χ4v) is 2.91. The highest BCUT2D eigenvalue weighted by atomic mass is 16.5. The van der Waals surface area contributed by atoms with Crippen LogP contribution in [0, 0.1) is 11.8 Å². The summed E-state index contributed by atoms with van der Waals surface area (Å²) in [6.45, 7) is 12.6. The minimum atomic E-state index is -0.178. The highest BCUT2D eigenvalue weighted by Crippen LogP contribution is 2.20. The molecule has 108 valence electrons. The normalized spacial score (nSPS) is 25.3. The molecule has 0 aromatic heterocycles. The van der Waals surface area contributed by atoms with Crippen LogP contribution in [0.15, 0.2) is 0 Å². The maximum atomic E-state index is 10.1.